The van der Waals surface area contributed by atoms with Crippen LogP contribution in [0, 0.1) is 24.4 Å². The molecule has 2 heterocycles. The number of halogens is 6. The second kappa shape index (κ2) is 13.4. The van der Waals surface area contributed by atoms with E-state index in [1.807, 2.05) is 6.92 Å². The van der Waals surface area contributed by atoms with Gasteiger partial charge in [0.05, 0.1) is 17.1 Å². The molecular formula is C27H29F6N5O6. The van der Waals surface area contributed by atoms with Gasteiger partial charge in [0.15, 0.2) is 28.6 Å². The Morgan fingerprint density at radius 1 is 1.09 bits per heavy atom. The summed E-state index contributed by atoms with van der Waals surface area (Å²) in [6.07, 6.45) is -3.47. The molecule has 1 aliphatic rings. The summed E-state index contributed by atoms with van der Waals surface area (Å²) in [4.78, 5) is 38.0. The largest absolute Gasteiger partial charge is 0.490 e. The second-order valence-electron chi connectivity index (χ2n) is 10.3. The molecule has 0 bridgehead atoms. The number of alkyl halides is 3. The number of hydrogen-bond donors (Lipinski definition) is 4. The fourth-order valence-corrected chi connectivity index (χ4v) is 4.28. The van der Waals surface area contributed by atoms with Crippen LogP contribution in [0.25, 0.3) is 11.0 Å². The first-order valence-electron chi connectivity index (χ1n) is 13.2. The van der Waals surface area contributed by atoms with E-state index in [1.54, 1.807) is 18.5 Å². The molecule has 0 aliphatic heterocycles. The molecule has 2 amide bonds. The summed E-state index contributed by atoms with van der Waals surface area (Å²) >= 11 is 0. The number of carbonyl (C=O) groups excluding carboxylic acids is 1. The number of aliphatic carboxylic acids is 1. The average Bonchev–Trinajstić information content (AvgIpc) is 3.69. The number of rotatable bonds is 10. The molecule has 1 saturated carbocycles. The van der Waals surface area contributed by atoms with Crippen LogP contribution in [0.3, 0.4) is 0 Å². The van der Waals surface area contributed by atoms with Crippen LogP contribution in [0.5, 0.6) is 5.75 Å². The zero-order valence-corrected chi connectivity index (χ0v) is 23.7. The average molecular weight is 634 g/mol. The van der Waals surface area contributed by atoms with Gasteiger partial charge in [-0.15, -0.1) is 0 Å². The summed E-state index contributed by atoms with van der Waals surface area (Å²) in [6.45, 7) is 4.73. The normalized spacial score (nSPS) is 14.3. The summed E-state index contributed by atoms with van der Waals surface area (Å²) in [6, 6.07) is 3.02. The fourth-order valence-electron chi connectivity index (χ4n) is 4.28. The van der Waals surface area contributed by atoms with Crippen molar-refractivity contribution in [2.45, 2.75) is 70.8 Å². The molecule has 1 unspecified atom stereocenters. The van der Waals surface area contributed by atoms with Crippen molar-refractivity contribution >= 4 is 29.0 Å². The van der Waals surface area contributed by atoms with Gasteiger partial charge >= 0.3 is 18.2 Å². The summed E-state index contributed by atoms with van der Waals surface area (Å²) in [5, 5.41) is 26.1. The number of hydrogen-bond acceptors (Lipinski definition) is 6. The molecule has 240 valence electrons. The lowest BCUT2D eigenvalue weighted by Gasteiger charge is -2.29. The maximum atomic E-state index is 14.1. The molecule has 44 heavy (non-hydrogen) atoms. The van der Waals surface area contributed by atoms with Crippen LogP contribution in [0.1, 0.15) is 67.3 Å². The predicted octanol–water partition coefficient (Wildman–Crippen LogP) is 5.26. The minimum absolute atomic E-state index is 0.0274. The summed E-state index contributed by atoms with van der Waals surface area (Å²) in [5.74, 6) is -6.59. The highest BCUT2D eigenvalue weighted by atomic mass is 19.4. The quantitative estimate of drug-likeness (QED) is 0.174. The lowest BCUT2D eigenvalue weighted by molar-refractivity contribution is -0.192. The Labute approximate surface area is 246 Å². The molecule has 0 spiro atoms. The van der Waals surface area contributed by atoms with E-state index in [0.717, 1.165) is 18.9 Å². The molecule has 1 aliphatic carbocycles. The third kappa shape index (κ3) is 8.29. The number of aromatic nitrogens is 3. The van der Waals surface area contributed by atoms with Crippen molar-refractivity contribution in [1.29, 1.82) is 0 Å². The van der Waals surface area contributed by atoms with Crippen LogP contribution in [0.2, 0.25) is 0 Å². The third-order valence-corrected chi connectivity index (χ3v) is 6.46. The van der Waals surface area contributed by atoms with Crippen LogP contribution < -0.4 is 15.4 Å². The number of ether oxygens (including phenoxy) is 1. The number of pyridine rings is 1. The van der Waals surface area contributed by atoms with Crippen molar-refractivity contribution in [3.05, 3.63) is 52.6 Å². The molecular weight excluding hydrogens is 604 g/mol. The van der Waals surface area contributed by atoms with Gasteiger partial charge < -0.3 is 25.6 Å². The number of nitrogens with one attached hydrogen (secondary N) is 2. The number of carbonyl (C=O) groups is 3. The van der Waals surface area contributed by atoms with Gasteiger partial charge in [-0.25, -0.2) is 27.7 Å². The Morgan fingerprint density at radius 3 is 2.25 bits per heavy atom. The maximum absolute atomic E-state index is 14.1. The molecule has 4 N–H and O–H groups in total. The Balaban J connectivity index is 0.000000676. The molecule has 0 radical (unpaired) electrons. The van der Waals surface area contributed by atoms with E-state index in [0.29, 0.717) is 24.6 Å². The third-order valence-electron chi connectivity index (χ3n) is 6.46. The highest BCUT2D eigenvalue weighted by Crippen LogP contribution is 2.39. The molecule has 1 aromatic carbocycles. The Morgan fingerprint density at radius 2 is 1.70 bits per heavy atom. The van der Waals surface area contributed by atoms with Gasteiger partial charge in [-0.3, -0.25) is 9.48 Å². The van der Waals surface area contributed by atoms with Crippen LogP contribution in [-0.4, -0.2) is 61.2 Å². The molecule has 0 saturated heterocycles. The van der Waals surface area contributed by atoms with Gasteiger partial charge in [0.25, 0.3) is 5.91 Å². The number of amides is 2. The number of aryl methyl sites for hydroxylation is 1. The molecule has 17 heteroatoms. The second-order valence-corrected chi connectivity index (χ2v) is 10.3. The first kappa shape index (κ1) is 33.9. The molecule has 2 aromatic heterocycles. The van der Waals surface area contributed by atoms with Gasteiger partial charge in [0.2, 0.25) is 0 Å². The monoisotopic (exact) mass is 633 g/mol. The first-order chi connectivity index (χ1) is 20.5. The van der Waals surface area contributed by atoms with Crippen LogP contribution in [0.4, 0.5) is 31.1 Å². The number of benzene rings is 1. The van der Waals surface area contributed by atoms with Gasteiger partial charge in [-0.05, 0) is 45.2 Å². The number of nitrogens with zero attached hydrogens (tertiary/aromatic N) is 3. The van der Waals surface area contributed by atoms with E-state index in [2.05, 4.69) is 20.7 Å². The molecule has 3 aromatic rings. The summed E-state index contributed by atoms with van der Waals surface area (Å²) < 4.78 is 80.8. The van der Waals surface area contributed by atoms with E-state index in [4.69, 9.17) is 14.6 Å². The highest BCUT2D eigenvalue weighted by molar-refractivity contribution is 6.04. The number of carboxylic acid groups (broad SMARTS) is 2. The van der Waals surface area contributed by atoms with Crippen molar-refractivity contribution in [2.24, 2.45) is 0 Å². The molecule has 11 nitrogen and oxygen atoms in total. The topological polar surface area (TPSA) is 156 Å². The van der Waals surface area contributed by atoms with E-state index >= 15 is 0 Å². The van der Waals surface area contributed by atoms with Crippen molar-refractivity contribution in [2.75, 3.05) is 6.54 Å². The van der Waals surface area contributed by atoms with Crippen molar-refractivity contribution < 1.29 is 55.7 Å². The van der Waals surface area contributed by atoms with Gasteiger partial charge in [-0.2, -0.15) is 18.3 Å². The van der Waals surface area contributed by atoms with Crippen LogP contribution in [-0.2, 0) is 11.4 Å². The lowest BCUT2D eigenvalue weighted by Crippen LogP contribution is -2.53. The first-order valence-corrected chi connectivity index (χ1v) is 13.2. The van der Waals surface area contributed by atoms with Gasteiger partial charge in [0, 0.05) is 18.3 Å². The van der Waals surface area contributed by atoms with E-state index in [9.17, 15) is 41.0 Å². The van der Waals surface area contributed by atoms with Crippen molar-refractivity contribution in [1.82, 2.24) is 25.4 Å². The SMILES string of the molecule is CCCC(C)(CNC(=O)c1c2nc(C)cc(OCc3c(F)ccc(F)c3F)c2nn1C1CC1)NC(=O)O.O=C(O)C(F)(F)F. The van der Waals surface area contributed by atoms with E-state index < -0.39 is 59.3 Å². The van der Waals surface area contributed by atoms with Crippen LogP contribution >= 0.6 is 0 Å². The Kier molecular flexibility index (Phi) is 10.3. The minimum Gasteiger partial charge on any atom is -0.486 e. The number of fused-ring (bicyclic) bond motifs is 1. The molecule has 1 atom stereocenters. The smallest absolute Gasteiger partial charge is 0.486 e. The number of carboxylic acids is 1. The van der Waals surface area contributed by atoms with Crippen molar-refractivity contribution in [3.8, 4) is 5.75 Å². The van der Waals surface area contributed by atoms with E-state index in [1.165, 1.54) is 6.07 Å². The van der Waals surface area contributed by atoms with Crippen LogP contribution in [0.15, 0.2) is 18.2 Å². The standard InChI is InChI=1S/C25H28F3N5O4.C2HF3O2/c1-4-9-25(3,31-24(35)36)12-29-23(34)22-21-20(32-33(22)14-5-6-14)18(10-13(2)30-21)37-11-15-16(26)7-8-17(27)19(15)28;3-2(4,5)1(6)7/h7-8,10,14,31H,4-6,9,11-12H2,1-3H3,(H,29,34)(H,35,36);(H,6,7). The van der Waals surface area contributed by atoms with E-state index in [-0.39, 0.29) is 35.1 Å². The van der Waals surface area contributed by atoms with Gasteiger partial charge in [0.1, 0.15) is 17.9 Å². The molecule has 1 fully saturated rings. The zero-order chi connectivity index (χ0) is 33.0. The Hall–Kier alpha value is -4.57. The highest BCUT2D eigenvalue weighted by Gasteiger charge is 2.38. The summed E-state index contributed by atoms with van der Waals surface area (Å²) in [7, 11) is 0. The Bertz CT molecular complexity index is 1560. The zero-order valence-electron chi connectivity index (χ0n) is 23.7. The predicted molar refractivity (Wildman–Crippen MR) is 142 cm³/mol. The lowest BCUT2D eigenvalue weighted by atomic mass is 9.96. The fraction of sp³-hybridized carbons (Fsp3) is 0.444. The maximum Gasteiger partial charge on any atom is 0.490 e. The minimum atomic E-state index is -5.08. The van der Waals surface area contributed by atoms with Gasteiger partial charge in [-0.1, -0.05) is 13.3 Å². The summed E-state index contributed by atoms with van der Waals surface area (Å²) in [5.41, 5.74) is -0.335. The van der Waals surface area contributed by atoms with Crippen molar-refractivity contribution in [3.63, 3.8) is 0 Å². The molecule has 4 rings (SSSR count).